The molecule has 0 fully saturated rings. The first-order chi connectivity index (χ1) is 65.3. The fourth-order valence-corrected chi connectivity index (χ4v) is 17.9. The van der Waals surface area contributed by atoms with Gasteiger partial charge in [0.05, 0.1) is 11.4 Å². The molecule has 22 rings (SSSR count). The number of hydrogen-bond donors (Lipinski definition) is 0. The molecule has 0 aromatic heterocycles. The summed E-state index contributed by atoms with van der Waals surface area (Å²) in [6.07, 6.45) is 0. The topological polar surface area (TPSA) is 19.4 Å². The Hall–Kier alpha value is -17.3. The number of benzene rings is 22. The van der Waals surface area contributed by atoms with Crippen molar-refractivity contribution in [2.75, 3.05) is 29.4 Å². The van der Waals surface area contributed by atoms with E-state index in [2.05, 4.69) is 589 Å². The molecule has 22 aromatic carbocycles. The summed E-state index contributed by atoms with van der Waals surface area (Å²) in [5.74, 6) is 0. The molecule has 6 nitrogen and oxygen atoms in total. The molecule has 0 amide bonds. The molecule has 0 aliphatic carbocycles. The van der Waals surface area contributed by atoms with Crippen molar-refractivity contribution in [2.24, 2.45) is 0 Å². The molecule has 132 heavy (non-hydrogen) atoms. The van der Waals surface area contributed by atoms with Gasteiger partial charge in [-0.05, 0) is 297 Å². The van der Waals surface area contributed by atoms with Gasteiger partial charge >= 0.3 is 0 Å². The van der Waals surface area contributed by atoms with E-state index in [0.717, 1.165) is 102 Å². The van der Waals surface area contributed by atoms with Crippen molar-refractivity contribution >= 4 is 145 Å². The predicted octanol–water partition coefficient (Wildman–Crippen LogP) is 36.1. The summed E-state index contributed by atoms with van der Waals surface area (Å²) in [5, 5.41) is 9.84. The van der Waals surface area contributed by atoms with Crippen LogP contribution in [0.3, 0.4) is 0 Å². The maximum atomic E-state index is 2.34. The second-order valence-electron chi connectivity index (χ2n) is 33.0. The summed E-state index contributed by atoms with van der Waals surface area (Å²) >= 11 is 0. The average molecular weight is 1690 g/mol. The molecule has 0 spiro atoms. The van der Waals surface area contributed by atoms with Gasteiger partial charge in [0, 0.05) is 102 Å². The predicted molar refractivity (Wildman–Crippen MR) is 563 cm³/mol. The molecule has 630 valence electrons. The summed E-state index contributed by atoms with van der Waals surface area (Å²) in [5.41, 5.74) is 30.0. The summed E-state index contributed by atoms with van der Waals surface area (Å²) in [6.45, 7) is 4.27. The lowest BCUT2D eigenvalue weighted by molar-refractivity contribution is 1.27. The first-order valence-corrected chi connectivity index (χ1v) is 45.1. The zero-order valence-electron chi connectivity index (χ0n) is 73.6. The van der Waals surface area contributed by atoms with Crippen LogP contribution in [-0.2, 0) is 0 Å². The normalized spacial score (nSPS) is 11.0. The second kappa shape index (κ2) is 38.9. The molecule has 0 heterocycles. The molecule has 0 bridgehead atoms. The van der Waals surface area contributed by atoms with E-state index in [0.29, 0.717) is 0 Å². The van der Waals surface area contributed by atoms with Crippen molar-refractivity contribution in [1.82, 2.24) is 0 Å². The van der Waals surface area contributed by atoms with Crippen LogP contribution < -0.4 is 29.4 Å². The van der Waals surface area contributed by atoms with E-state index in [1.165, 1.54) is 87.6 Å². The van der Waals surface area contributed by atoms with Gasteiger partial charge in [0.1, 0.15) is 0 Å². The molecule has 0 atom stereocenters. The number of para-hydroxylation sites is 6. The van der Waals surface area contributed by atoms with Crippen LogP contribution in [0.15, 0.2) is 546 Å². The quantitative estimate of drug-likeness (QED) is 0.0709. The van der Waals surface area contributed by atoms with Crippen LogP contribution in [0, 0.1) is 13.8 Å². The number of rotatable bonds is 21. The third-order valence-electron chi connectivity index (χ3n) is 24.4. The van der Waals surface area contributed by atoms with Crippen LogP contribution >= 0.6 is 0 Å². The Morgan fingerprint density at radius 3 is 0.561 bits per heavy atom. The third kappa shape index (κ3) is 18.4. The van der Waals surface area contributed by atoms with Gasteiger partial charge in [-0.25, -0.2) is 0 Å². The van der Waals surface area contributed by atoms with Gasteiger partial charge in [-0.1, -0.05) is 340 Å². The van der Waals surface area contributed by atoms with Crippen molar-refractivity contribution < 1.29 is 0 Å². The second-order valence-corrected chi connectivity index (χ2v) is 33.0. The Balaban J connectivity index is 0.000000124. The van der Waals surface area contributed by atoms with Crippen molar-refractivity contribution in [3.63, 3.8) is 0 Å². The lowest BCUT2D eigenvalue weighted by atomic mass is 10.0. The molecule has 0 aliphatic rings. The molecule has 0 unspecified atom stereocenters. The third-order valence-corrected chi connectivity index (χ3v) is 24.4. The molecule has 6 heteroatoms. The van der Waals surface area contributed by atoms with Gasteiger partial charge in [0.25, 0.3) is 0 Å². The summed E-state index contributed by atoms with van der Waals surface area (Å²) in [6, 6.07) is 195. The van der Waals surface area contributed by atoms with Crippen LogP contribution in [0.25, 0.3) is 76.5 Å². The molecule has 0 aliphatic heterocycles. The number of fused-ring (bicyclic) bond motifs is 4. The molecule has 0 saturated carbocycles. The molecule has 0 radical (unpaired) electrons. The highest BCUT2D eigenvalue weighted by Gasteiger charge is 2.22. The van der Waals surface area contributed by atoms with Crippen LogP contribution in [0.5, 0.6) is 0 Å². The minimum atomic E-state index is 1.12. The summed E-state index contributed by atoms with van der Waals surface area (Å²) in [4.78, 5) is 13.9. The van der Waals surface area contributed by atoms with Crippen molar-refractivity contribution in [1.29, 1.82) is 0 Å². The van der Waals surface area contributed by atoms with Crippen LogP contribution in [0.4, 0.5) is 102 Å². The fraction of sp³-hybridized carbons (Fsp3) is 0.0159. The molecular weight excluding hydrogens is 1600 g/mol. The number of hydrogen-bond acceptors (Lipinski definition) is 6. The highest BCUT2D eigenvalue weighted by atomic mass is 15.2. The average Bonchev–Trinajstić information content (AvgIpc) is 0.773. The lowest BCUT2D eigenvalue weighted by Crippen LogP contribution is -2.10. The van der Waals surface area contributed by atoms with Gasteiger partial charge in [-0.3, -0.25) is 0 Å². The zero-order valence-corrected chi connectivity index (χ0v) is 73.6. The highest BCUT2D eigenvalue weighted by Crippen LogP contribution is 2.46. The first kappa shape index (κ1) is 82.9. The summed E-state index contributed by atoms with van der Waals surface area (Å²) < 4.78 is 0. The smallest absolute Gasteiger partial charge is 0.0540 e. The van der Waals surface area contributed by atoms with Crippen LogP contribution in [-0.4, -0.2) is 0 Å². The van der Waals surface area contributed by atoms with E-state index in [4.69, 9.17) is 0 Å². The lowest BCUT2D eigenvalue weighted by Gasteiger charge is -2.27. The van der Waals surface area contributed by atoms with Gasteiger partial charge in [-0.2, -0.15) is 0 Å². The van der Waals surface area contributed by atoms with Crippen molar-refractivity contribution in [3.05, 3.63) is 557 Å². The Kier molecular flexibility index (Phi) is 24.4. The van der Waals surface area contributed by atoms with Gasteiger partial charge < -0.3 is 29.4 Å². The van der Waals surface area contributed by atoms with E-state index in [-0.39, 0.29) is 0 Å². The minimum absolute atomic E-state index is 1.12. The van der Waals surface area contributed by atoms with Crippen LogP contribution in [0.2, 0.25) is 0 Å². The number of nitrogens with zero attached hydrogens (tertiary/aromatic N) is 6. The Bertz CT molecular complexity index is 7150. The molecule has 0 N–H and O–H groups in total. The maximum Gasteiger partial charge on any atom is 0.0540 e. The van der Waals surface area contributed by atoms with Gasteiger partial charge in [0.2, 0.25) is 0 Å². The van der Waals surface area contributed by atoms with Crippen molar-refractivity contribution in [3.8, 4) is 33.4 Å². The molecule has 0 saturated heterocycles. The van der Waals surface area contributed by atoms with E-state index < -0.39 is 0 Å². The van der Waals surface area contributed by atoms with Crippen molar-refractivity contribution in [2.45, 2.75) is 13.8 Å². The van der Waals surface area contributed by atoms with Gasteiger partial charge in [0.15, 0.2) is 0 Å². The highest BCUT2D eigenvalue weighted by molar-refractivity contribution is 6.01. The van der Waals surface area contributed by atoms with E-state index in [9.17, 15) is 0 Å². The SMILES string of the molecule is Cc1cccc(N(c2ccccc2)c2ccc(-c3ccc(N(c4ccccc4)c4cccc(C)c4)cc3)cc2)c1.c1ccc(N(c2ccc(-c3ccc(N(c4ccccc4)c4ccc5ccccc5c4)cc3)cc2)c2ccc3ccccc3c2)cc1.c1ccc(N(c2ccc(-c3ccc(N(c4ccccc4)c4cccc5ccccc45)cc3)cc2)c2cccc3ccccc23)cc1. The fourth-order valence-electron chi connectivity index (χ4n) is 17.9. The molecule has 22 aromatic rings. The van der Waals surface area contributed by atoms with Gasteiger partial charge in [-0.15, -0.1) is 0 Å². The standard InChI is InChI=1S/2C44H32N2.C38H32N2/c1-3-17-37(18-4-1)45(43-23-11-15-35-13-7-9-21-41(35)43)39-29-25-33(26-30-39)34-27-31-40(32-28-34)46(38-19-5-2-6-20-38)44-24-12-16-36-14-8-10-22-42(36)44;1-3-15-39(16-4-1)45(43-29-23-33-11-7-9-13-37(33)31-43)41-25-19-35(20-26-41)36-21-27-42(28-22-36)46(40-17-5-2-6-18-40)44-30-24-34-12-8-10-14-38(34)32-44;1-29-11-9-17-37(27-29)39(33-13-5-3-6-14-33)35-23-19-31(20-24-35)32-21-25-36(26-22-32)40(34-15-7-4-8-16-34)38-18-10-12-30(2)28-38/h2*1-32H;3-28H,1-2H3. The largest absolute Gasteiger partial charge is 0.310 e. The Morgan fingerprint density at radius 2 is 0.295 bits per heavy atom. The Labute approximate surface area is 773 Å². The van der Waals surface area contributed by atoms with E-state index in [1.807, 2.05) is 0 Å². The van der Waals surface area contributed by atoms with E-state index in [1.54, 1.807) is 0 Å². The monoisotopic (exact) mass is 1690 g/mol. The number of anilines is 18. The first-order valence-electron chi connectivity index (χ1n) is 45.1. The zero-order chi connectivity index (χ0) is 88.7. The Morgan fingerprint density at radius 1 is 0.114 bits per heavy atom. The minimum Gasteiger partial charge on any atom is -0.310 e. The number of aryl methyl sites for hydroxylation is 2. The molecular formula is C126H96N6. The summed E-state index contributed by atoms with van der Waals surface area (Å²) in [7, 11) is 0. The maximum absolute atomic E-state index is 2.34. The van der Waals surface area contributed by atoms with E-state index >= 15 is 0 Å². The van der Waals surface area contributed by atoms with Crippen LogP contribution in [0.1, 0.15) is 11.1 Å².